The van der Waals surface area contributed by atoms with Gasteiger partial charge in [-0.15, -0.1) is 12.4 Å². The first-order valence-electron chi connectivity index (χ1n) is 6.98. The highest BCUT2D eigenvalue weighted by Crippen LogP contribution is 2.25. The molecular weight excluding hydrogens is 288 g/mol. The summed E-state index contributed by atoms with van der Waals surface area (Å²) >= 11 is 0. The van der Waals surface area contributed by atoms with Crippen molar-refractivity contribution < 1.29 is 9.47 Å². The van der Waals surface area contributed by atoms with E-state index in [-0.39, 0.29) is 12.4 Å². The number of para-hydroxylation sites is 2. The molecule has 21 heavy (non-hydrogen) atoms. The van der Waals surface area contributed by atoms with Crippen LogP contribution in [0.1, 0.15) is 29.8 Å². The second-order valence-corrected chi connectivity index (χ2v) is 4.87. The summed E-state index contributed by atoms with van der Waals surface area (Å²) in [6.07, 6.45) is 3.15. The Kier molecular flexibility index (Phi) is 7.09. The normalized spacial score (nSPS) is 10.0. The van der Waals surface area contributed by atoms with Crippen LogP contribution in [0, 0.1) is 13.8 Å². The van der Waals surface area contributed by atoms with E-state index in [1.807, 2.05) is 31.2 Å². The molecule has 2 aromatic rings. The molecule has 0 aliphatic heterocycles. The summed E-state index contributed by atoms with van der Waals surface area (Å²) in [6, 6.07) is 7.74. The minimum absolute atomic E-state index is 0. The van der Waals surface area contributed by atoms with Gasteiger partial charge in [-0.05, 0) is 50.8 Å². The van der Waals surface area contributed by atoms with Crippen molar-refractivity contribution in [2.45, 2.75) is 33.1 Å². The average molecular weight is 311 g/mol. The number of aromatic amines is 1. The fraction of sp³-hybridized carbons (Fsp3) is 0.438. The first kappa shape index (κ1) is 17.4. The lowest BCUT2D eigenvalue weighted by atomic mass is 10.1. The van der Waals surface area contributed by atoms with Gasteiger partial charge in [0.25, 0.3) is 0 Å². The minimum Gasteiger partial charge on any atom is -0.493 e. The zero-order chi connectivity index (χ0) is 14.4. The highest BCUT2D eigenvalue weighted by Gasteiger charge is 2.06. The maximum Gasteiger partial charge on any atom is 0.161 e. The molecule has 1 aromatic carbocycles. The fourth-order valence-electron chi connectivity index (χ4n) is 2.27. The van der Waals surface area contributed by atoms with Gasteiger partial charge < -0.3 is 9.47 Å². The molecule has 0 atom stereocenters. The molecular formula is C16H23ClN2O2. The number of hydrogen-bond donors (Lipinski definition) is 1. The zero-order valence-corrected chi connectivity index (χ0v) is 13.6. The second-order valence-electron chi connectivity index (χ2n) is 4.87. The van der Waals surface area contributed by atoms with Gasteiger partial charge in [-0.25, -0.2) is 0 Å². The monoisotopic (exact) mass is 310 g/mol. The number of nitrogens with zero attached hydrogens (tertiary/aromatic N) is 1. The van der Waals surface area contributed by atoms with Gasteiger partial charge in [0.15, 0.2) is 11.5 Å². The van der Waals surface area contributed by atoms with Gasteiger partial charge in [0.2, 0.25) is 0 Å². The number of ether oxygens (including phenoxy) is 2. The molecule has 0 fully saturated rings. The molecule has 0 spiro atoms. The summed E-state index contributed by atoms with van der Waals surface area (Å²) in [7, 11) is 1.66. The van der Waals surface area contributed by atoms with Gasteiger partial charge in [0, 0.05) is 5.69 Å². The molecule has 116 valence electrons. The lowest BCUT2D eigenvalue weighted by Crippen LogP contribution is -2.00. The van der Waals surface area contributed by atoms with Crippen LogP contribution in [0.2, 0.25) is 0 Å². The Balaban J connectivity index is 0.00000220. The number of methoxy groups -OCH3 is 1. The topological polar surface area (TPSA) is 47.1 Å². The van der Waals surface area contributed by atoms with Gasteiger partial charge >= 0.3 is 0 Å². The van der Waals surface area contributed by atoms with E-state index in [2.05, 4.69) is 17.1 Å². The summed E-state index contributed by atoms with van der Waals surface area (Å²) in [5.41, 5.74) is 3.61. The van der Waals surface area contributed by atoms with Crippen molar-refractivity contribution in [3.05, 3.63) is 41.2 Å². The van der Waals surface area contributed by atoms with Crippen LogP contribution in [-0.4, -0.2) is 23.9 Å². The van der Waals surface area contributed by atoms with Gasteiger partial charge in [-0.2, -0.15) is 5.10 Å². The summed E-state index contributed by atoms with van der Waals surface area (Å²) < 4.78 is 11.0. The molecule has 5 heteroatoms. The number of aryl methyl sites for hydroxylation is 2. The Bertz CT molecular complexity index is 535. The van der Waals surface area contributed by atoms with Crippen LogP contribution in [0.3, 0.4) is 0 Å². The Morgan fingerprint density at radius 3 is 2.43 bits per heavy atom. The van der Waals surface area contributed by atoms with Crippen molar-refractivity contribution >= 4 is 12.4 Å². The summed E-state index contributed by atoms with van der Waals surface area (Å²) in [4.78, 5) is 0. The summed E-state index contributed by atoms with van der Waals surface area (Å²) in [5, 5.41) is 7.23. The average Bonchev–Trinajstić information content (AvgIpc) is 2.79. The molecule has 0 aliphatic carbocycles. The smallest absolute Gasteiger partial charge is 0.161 e. The molecule has 1 heterocycles. The lowest BCUT2D eigenvalue weighted by Gasteiger charge is -2.10. The van der Waals surface area contributed by atoms with E-state index >= 15 is 0 Å². The third-order valence-electron chi connectivity index (χ3n) is 3.43. The van der Waals surface area contributed by atoms with Crippen LogP contribution in [0.15, 0.2) is 24.3 Å². The molecule has 0 unspecified atom stereocenters. The number of unbranched alkanes of at least 4 members (excludes halogenated alkanes) is 1. The van der Waals surface area contributed by atoms with Crippen LogP contribution in [0.4, 0.5) is 0 Å². The van der Waals surface area contributed by atoms with Crippen LogP contribution in [0.25, 0.3) is 0 Å². The van der Waals surface area contributed by atoms with Crippen LogP contribution in [-0.2, 0) is 6.42 Å². The highest BCUT2D eigenvalue weighted by molar-refractivity contribution is 5.85. The Morgan fingerprint density at radius 1 is 1.10 bits per heavy atom. The van der Waals surface area contributed by atoms with Gasteiger partial charge in [-0.3, -0.25) is 5.10 Å². The SMILES string of the molecule is COc1ccccc1OCCCCc1c(C)n[nH]c1C.Cl. The van der Waals surface area contributed by atoms with Gasteiger partial charge in [0.05, 0.1) is 19.4 Å². The van der Waals surface area contributed by atoms with E-state index < -0.39 is 0 Å². The van der Waals surface area contributed by atoms with Crippen molar-refractivity contribution in [3.63, 3.8) is 0 Å². The number of nitrogens with one attached hydrogen (secondary N) is 1. The van der Waals surface area contributed by atoms with Crippen molar-refractivity contribution in [3.8, 4) is 11.5 Å². The third kappa shape index (κ3) is 4.67. The predicted molar refractivity (Wildman–Crippen MR) is 86.7 cm³/mol. The fourth-order valence-corrected chi connectivity index (χ4v) is 2.27. The Hall–Kier alpha value is -1.68. The molecule has 1 N–H and O–H groups in total. The standard InChI is InChI=1S/C16H22N2O2.ClH/c1-12-14(13(2)18-17-12)8-6-7-11-20-16-10-5-4-9-15(16)19-3;/h4-5,9-10H,6-8,11H2,1-3H3,(H,17,18);1H. The Labute approximate surface area is 132 Å². The molecule has 1 aromatic heterocycles. The number of halogens is 1. The van der Waals surface area contributed by atoms with Crippen LogP contribution < -0.4 is 9.47 Å². The summed E-state index contributed by atoms with van der Waals surface area (Å²) in [5.74, 6) is 1.60. The first-order valence-corrected chi connectivity index (χ1v) is 6.98. The molecule has 0 bridgehead atoms. The maximum atomic E-state index is 5.76. The van der Waals surface area contributed by atoms with Crippen LogP contribution >= 0.6 is 12.4 Å². The molecule has 0 saturated heterocycles. The van der Waals surface area contributed by atoms with Crippen molar-refractivity contribution in [2.75, 3.05) is 13.7 Å². The Morgan fingerprint density at radius 2 is 1.81 bits per heavy atom. The quantitative estimate of drug-likeness (QED) is 0.790. The van der Waals surface area contributed by atoms with E-state index in [4.69, 9.17) is 9.47 Å². The maximum absolute atomic E-state index is 5.76. The third-order valence-corrected chi connectivity index (χ3v) is 3.43. The molecule has 0 amide bonds. The van der Waals surface area contributed by atoms with E-state index in [0.29, 0.717) is 6.61 Å². The van der Waals surface area contributed by atoms with E-state index in [0.717, 1.165) is 36.5 Å². The van der Waals surface area contributed by atoms with Crippen molar-refractivity contribution in [1.82, 2.24) is 10.2 Å². The van der Waals surface area contributed by atoms with E-state index in [1.165, 1.54) is 11.3 Å². The predicted octanol–water partition coefficient (Wildman–Crippen LogP) is 3.86. The van der Waals surface area contributed by atoms with E-state index in [9.17, 15) is 0 Å². The van der Waals surface area contributed by atoms with Gasteiger partial charge in [0.1, 0.15) is 0 Å². The zero-order valence-electron chi connectivity index (χ0n) is 12.8. The highest BCUT2D eigenvalue weighted by atomic mass is 35.5. The minimum atomic E-state index is 0. The van der Waals surface area contributed by atoms with Crippen LogP contribution in [0.5, 0.6) is 11.5 Å². The van der Waals surface area contributed by atoms with Crippen molar-refractivity contribution in [2.24, 2.45) is 0 Å². The second kappa shape index (κ2) is 8.57. The number of hydrogen-bond acceptors (Lipinski definition) is 3. The first-order chi connectivity index (χ1) is 9.72. The number of aromatic nitrogens is 2. The number of benzene rings is 1. The van der Waals surface area contributed by atoms with E-state index in [1.54, 1.807) is 7.11 Å². The molecule has 0 saturated carbocycles. The summed E-state index contributed by atoms with van der Waals surface area (Å²) in [6.45, 7) is 4.82. The number of rotatable bonds is 7. The lowest BCUT2D eigenvalue weighted by molar-refractivity contribution is 0.286. The molecule has 4 nitrogen and oxygen atoms in total. The largest absolute Gasteiger partial charge is 0.493 e. The molecule has 2 rings (SSSR count). The van der Waals surface area contributed by atoms with Gasteiger partial charge in [-0.1, -0.05) is 12.1 Å². The molecule has 0 radical (unpaired) electrons. The van der Waals surface area contributed by atoms with Crippen molar-refractivity contribution in [1.29, 1.82) is 0 Å². The molecule has 0 aliphatic rings. The number of H-pyrrole nitrogens is 1.